The van der Waals surface area contributed by atoms with Crippen LogP contribution >= 0.6 is 0 Å². The largest absolute Gasteiger partial charge is 0.388 e. The summed E-state index contributed by atoms with van der Waals surface area (Å²) in [6, 6.07) is 7.42. The van der Waals surface area contributed by atoms with Gasteiger partial charge in [0, 0.05) is 38.1 Å². The molecule has 1 amide bonds. The fraction of sp³-hybridized carbons (Fsp3) is 0.533. The third-order valence-electron chi connectivity index (χ3n) is 2.83. The molecule has 4 heteroatoms. The molecule has 0 aliphatic rings. The third-order valence-corrected chi connectivity index (χ3v) is 2.83. The molecule has 2 N–H and O–H groups in total. The summed E-state index contributed by atoms with van der Waals surface area (Å²) in [6.45, 7) is 4.32. The Hall–Kier alpha value is -1.55. The first-order chi connectivity index (χ1) is 9.27. The standard InChI is InChI=1S/C15H24N2O2/c1-3-4-11-19-12-5-10-17-15(18)13-6-8-14(16-2)9-7-13/h6-9,16H,3-5,10-12H2,1-2H3,(H,17,18). The van der Waals surface area contributed by atoms with Gasteiger partial charge in [-0.2, -0.15) is 0 Å². The van der Waals surface area contributed by atoms with Crippen LogP contribution in [0, 0.1) is 0 Å². The number of rotatable bonds is 9. The van der Waals surface area contributed by atoms with Crippen molar-refractivity contribution in [3.63, 3.8) is 0 Å². The molecular weight excluding hydrogens is 240 g/mol. The maximum Gasteiger partial charge on any atom is 0.251 e. The Balaban J connectivity index is 2.16. The van der Waals surface area contributed by atoms with Gasteiger partial charge in [0.15, 0.2) is 0 Å². The van der Waals surface area contributed by atoms with Gasteiger partial charge in [0.05, 0.1) is 0 Å². The van der Waals surface area contributed by atoms with Crippen LogP contribution in [0.4, 0.5) is 5.69 Å². The zero-order valence-corrected chi connectivity index (χ0v) is 11.9. The van der Waals surface area contributed by atoms with Crippen molar-refractivity contribution in [2.24, 2.45) is 0 Å². The van der Waals surface area contributed by atoms with Crippen molar-refractivity contribution in [3.05, 3.63) is 29.8 Å². The SMILES string of the molecule is CCCCOCCCNC(=O)c1ccc(NC)cc1. The van der Waals surface area contributed by atoms with E-state index < -0.39 is 0 Å². The molecule has 1 aromatic carbocycles. The molecule has 4 nitrogen and oxygen atoms in total. The number of hydrogen-bond acceptors (Lipinski definition) is 3. The Bertz CT molecular complexity index is 363. The zero-order chi connectivity index (χ0) is 13.9. The van der Waals surface area contributed by atoms with Crippen LogP contribution in [-0.4, -0.2) is 32.7 Å². The topological polar surface area (TPSA) is 50.4 Å². The van der Waals surface area contributed by atoms with Gasteiger partial charge in [-0.15, -0.1) is 0 Å². The lowest BCUT2D eigenvalue weighted by atomic mass is 10.2. The molecule has 0 aliphatic heterocycles. The van der Waals surface area contributed by atoms with Crippen LogP contribution in [0.2, 0.25) is 0 Å². The van der Waals surface area contributed by atoms with E-state index in [0.717, 1.165) is 31.6 Å². The van der Waals surface area contributed by atoms with E-state index >= 15 is 0 Å². The zero-order valence-electron chi connectivity index (χ0n) is 11.9. The summed E-state index contributed by atoms with van der Waals surface area (Å²) in [5, 5.41) is 5.91. The van der Waals surface area contributed by atoms with Crippen LogP contribution in [0.15, 0.2) is 24.3 Å². The monoisotopic (exact) mass is 264 g/mol. The molecule has 0 atom stereocenters. The Morgan fingerprint density at radius 2 is 1.84 bits per heavy atom. The minimum absolute atomic E-state index is 0.0313. The molecule has 0 bridgehead atoms. The van der Waals surface area contributed by atoms with Crippen LogP contribution < -0.4 is 10.6 Å². The quantitative estimate of drug-likeness (QED) is 0.674. The van der Waals surface area contributed by atoms with Gasteiger partial charge in [-0.25, -0.2) is 0 Å². The highest BCUT2D eigenvalue weighted by molar-refractivity contribution is 5.94. The molecule has 106 valence electrons. The van der Waals surface area contributed by atoms with E-state index in [9.17, 15) is 4.79 Å². The average molecular weight is 264 g/mol. The summed E-state index contributed by atoms with van der Waals surface area (Å²) in [4.78, 5) is 11.8. The van der Waals surface area contributed by atoms with Gasteiger partial charge in [-0.1, -0.05) is 13.3 Å². The fourth-order valence-corrected chi connectivity index (χ4v) is 1.61. The number of benzene rings is 1. The number of nitrogens with one attached hydrogen (secondary N) is 2. The summed E-state index contributed by atoms with van der Waals surface area (Å²) >= 11 is 0. The fourth-order valence-electron chi connectivity index (χ4n) is 1.61. The molecule has 0 aliphatic carbocycles. The highest BCUT2D eigenvalue weighted by Crippen LogP contribution is 2.08. The maximum atomic E-state index is 11.8. The third kappa shape index (κ3) is 6.25. The van der Waals surface area contributed by atoms with E-state index in [0.29, 0.717) is 18.7 Å². The van der Waals surface area contributed by atoms with Crippen LogP contribution in [0.5, 0.6) is 0 Å². The molecule has 0 fully saturated rings. The molecule has 0 saturated heterocycles. The van der Waals surface area contributed by atoms with Crippen molar-refractivity contribution in [2.75, 3.05) is 32.1 Å². The first-order valence-electron chi connectivity index (χ1n) is 6.91. The molecule has 0 saturated carbocycles. The molecule has 0 heterocycles. The van der Waals surface area contributed by atoms with Gasteiger partial charge in [0.25, 0.3) is 5.91 Å². The Labute approximate surface area is 115 Å². The Morgan fingerprint density at radius 1 is 1.16 bits per heavy atom. The number of ether oxygens (including phenoxy) is 1. The van der Waals surface area contributed by atoms with Gasteiger partial charge in [0.1, 0.15) is 0 Å². The second kappa shape index (κ2) is 9.39. The minimum atomic E-state index is -0.0313. The van der Waals surface area contributed by atoms with Crippen molar-refractivity contribution in [2.45, 2.75) is 26.2 Å². The Kier molecular flexibility index (Phi) is 7.66. The van der Waals surface area contributed by atoms with E-state index in [2.05, 4.69) is 17.6 Å². The first kappa shape index (κ1) is 15.5. The van der Waals surface area contributed by atoms with Crippen molar-refractivity contribution >= 4 is 11.6 Å². The number of carbonyl (C=O) groups excluding carboxylic acids is 1. The number of anilines is 1. The summed E-state index contributed by atoms with van der Waals surface area (Å²) in [5.41, 5.74) is 1.69. The predicted octanol–water partition coefficient (Wildman–Crippen LogP) is 2.66. The number of hydrogen-bond donors (Lipinski definition) is 2. The lowest BCUT2D eigenvalue weighted by Crippen LogP contribution is -2.25. The van der Waals surface area contributed by atoms with E-state index in [1.165, 1.54) is 0 Å². The molecule has 0 radical (unpaired) electrons. The number of unbranched alkanes of at least 4 members (excludes halogenated alkanes) is 1. The number of carbonyl (C=O) groups is 1. The highest BCUT2D eigenvalue weighted by atomic mass is 16.5. The van der Waals surface area contributed by atoms with E-state index in [1.807, 2.05) is 31.3 Å². The van der Waals surface area contributed by atoms with Crippen LogP contribution in [0.3, 0.4) is 0 Å². The maximum absolute atomic E-state index is 11.8. The van der Waals surface area contributed by atoms with Crippen LogP contribution in [0.1, 0.15) is 36.5 Å². The smallest absolute Gasteiger partial charge is 0.251 e. The van der Waals surface area contributed by atoms with Gasteiger partial charge in [0.2, 0.25) is 0 Å². The van der Waals surface area contributed by atoms with Crippen molar-refractivity contribution in [3.8, 4) is 0 Å². The average Bonchev–Trinajstić information content (AvgIpc) is 2.46. The van der Waals surface area contributed by atoms with Gasteiger partial charge < -0.3 is 15.4 Å². The van der Waals surface area contributed by atoms with Crippen molar-refractivity contribution in [1.82, 2.24) is 5.32 Å². The van der Waals surface area contributed by atoms with E-state index in [-0.39, 0.29) is 5.91 Å². The lowest BCUT2D eigenvalue weighted by molar-refractivity contribution is 0.0940. The highest BCUT2D eigenvalue weighted by Gasteiger charge is 2.03. The van der Waals surface area contributed by atoms with Crippen LogP contribution in [-0.2, 0) is 4.74 Å². The second-order valence-corrected chi connectivity index (χ2v) is 4.40. The minimum Gasteiger partial charge on any atom is -0.388 e. The summed E-state index contributed by atoms with van der Waals surface area (Å²) in [5.74, 6) is -0.0313. The lowest BCUT2D eigenvalue weighted by Gasteiger charge is -2.07. The van der Waals surface area contributed by atoms with Gasteiger partial charge >= 0.3 is 0 Å². The molecule has 1 aromatic rings. The molecule has 19 heavy (non-hydrogen) atoms. The van der Waals surface area contributed by atoms with Crippen molar-refractivity contribution < 1.29 is 9.53 Å². The predicted molar refractivity (Wildman–Crippen MR) is 78.7 cm³/mol. The van der Waals surface area contributed by atoms with Gasteiger partial charge in [-0.3, -0.25) is 4.79 Å². The molecule has 0 aromatic heterocycles. The van der Waals surface area contributed by atoms with Crippen LogP contribution in [0.25, 0.3) is 0 Å². The summed E-state index contributed by atoms with van der Waals surface area (Å²) in [7, 11) is 1.85. The molecule has 1 rings (SSSR count). The first-order valence-corrected chi connectivity index (χ1v) is 6.91. The molecular formula is C15H24N2O2. The van der Waals surface area contributed by atoms with Gasteiger partial charge in [-0.05, 0) is 37.1 Å². The molecule has 0 spiro atoms. The molecule has 0 unspecified atom stereocenters. The Morgan fingerprint density at radius 3 is 2.47 bits per heavy atom. The second-order valence-electron chi connectivity index (χ2n) is 4.40. The number of amides is 1. The van der Waals surface area contributed by atoms with Crippen molar-refractivity contribution in [1.29, 1.82) is 0 Å². The normalized spacial score (nSPS) is 10.2. The summed E-state index contributed by atoms with van der Waals surface area (Å²) in [6.07, 6.45) is 3.10. The van der Waals surface area contributed by atoms with E-state index in [4.69, 9.17) is 4.74 Å². The summed E-state index contributed by atoms with van der Waals surface area (Å²) < 4.78 is 5.43. The van der Waals surface area contributed by atoms with E-state index in [1.54, 1.807) is 0 Å².